The Morgan fingerprint density at radius 1 is 1.21 bits per heavy atom. The molecule has 19 heavy (non-hydrogen) atoms. The maximum atomic E-state index is 12.1. The van der Waals surface area contributed by atoms with E-state index in [1.807, 2.05) is 0 Å². The van der Waals surface area contributed by atoms with Crippen LogP contribution in [0.25, 0.3) is 11.1 Å². The zero-order chi connectivity index (χ0) is 14.0. The lowest BCUT2D eigenvalue weighted by molar-refractivity contribution is -0.274. The lowest BCUT2D eigenvalue weighted by Gasteiger charge is -2.11. The summed E-state index contributed by atoms with van der Waals surface area (Å²) in [5, 5.41) is 0.339. The molecule has 0 fully saturated rings. The highest BCUT2D eigenvalue weighted by Crippen LogP contribution is 2.31. The van der Waals surface area contributed by atoms with Crippen LogP contribution in [-0.4, -0.2) is 11.3 Å². The minimum Gasteiger partial charge on any atom is -0.406 e. The van der Waals surface area contributed by atoms with Crippen molar-refractivity contribution in [1.82, 2.24) is 4.98 Å². The van der Waals surface area contributed by atoms with E-state index in [4.69, 9.17) is 17.3 Å². The third-order valence-corrected chi connectivity index (χ3v) is 2.47. The molecule has 0 saturated carbocycles. The fraction of sp³-hybridized carbons (Fsp3) is 0.0833. The fourth-order valence-corrected chi connectivity index (χ4v) is 1.70. The number of alkyl halides is 3. The zero-order valence-corrected chi connectivity index (χ0v) is 10.2. The summed E-state index contributed by atoms with van der Waals surface area (Å²) in [6.45, 7) is 0. The van der Waals surface area contributed by atoms with E-state index in [0.717, 1.165) is 0 Å². The number of pyridine rings is 1. The Labute approximate surface area is 111 Å². The van der Waals surface area contributed by atoms with Gasteiger partial charge in [-0.15, -0.1) is 13.2 Å². The van der Waals surface area contributed by atoms with Gasteiger partial charge in [-0.05, 0) is 23.8 Å². The predicted molar refractivity (Wildman–Crippen MR) is 65.8 cm³/mol. The SMILES string of the molecule is Nc1ncc(Cl)cc1-c1cccc(OC(F)(F)F)c1. The first-order valence-electron chi connectivity index (χ1n) is 5.12. The van der Waals surface area contributed by atoms with Gasteiger partial charge in [-0.1, -0.05) is 23.7 Å². The standard InChI is InChI=1S/C12H8ClF3N2O/c13-8-5-10(11(17)18-6-8)7-2-1-3-9(4-7)19-12(14,15)16/h1-6H,(H2,17,18). The number of ether oxygens (including phenoxy) is 1. The number of anilines is 1. The van der Waals surface area contributed by atoms with E-state index in [1.54, 1.807) is 6.07 Å². The molecule has 0 saturated heterocycles. The third kappa shape index (κ3) is 3.51. The maximum absolute atomic E-state index is 12.1. The van der Waals surface area contributed by atoms with Crippen molar-refractivity contribution in [2.24, 2.45) is 0 Å². The lowest BCUT2D eigenvalue weighted by Crippen LogP contribution is -2.17. The zero-order valence-electron chi connectivity index (χ0n) is 9.41. The average Bonchev–Trinajstić information content (AvgIpc) is 2.30. The average molecular weight is 289 g/mol. The van der Waals surface area contributed by atoms with Crippen molar-refractivity contribution in [1.29, 1.82) is 0 Å². The van der Waals surface area contributed by atoms with E-state index in [0.29, 0.717) is 16.1 Å². The van der Waals surface area contributed by atoms with Crippen LogP contribution < -0.4 is 10.5 Å². The van der Waals surface area contributed by atoms with Gasteiger partial charge in [0.1, 0.15) is 11.6 Å². The summed E-state index contributed by atoms with van der Waals surface area (Å²) in [6, 6.07) is 6.96. The van der Waals surface area contributed by atoms with Crippen LogP contribution in [0.5, 0.6) is 5.75 Å². The highest BCUT2D eigenvalue weighted by molar-refractivity contribution is 6.30. The van der Waals surface area contributed by atoms with Crippen LogP contribution in [0, 0.1) is 0 Å². The van der Waals surface area contributed by atoms with E-state index in [-0.39, 0.29) is 11.6 Å². The Morgan fingerprint density at radius 2 is 1.95 bits per heavy atom. The maximum Gasteiger partial charge on any atom is 0.573 e. The number of nitrogen functional groups attached to an aromatic ring is 1. The second-order valence-electron chi connectivity index (χ2n) is 3.66. The highest BCUT2D eigenvalue weighted by Gasteiger charge is 2.31. The van der Waals surface area contributed by atoms with E-state index >= 15 is 0 Å². The molecule has 0 radical (unpaired) electrons. The van der Waals surface area contributed by atoms with Gasteiger partial charge in [0.25, 0.3) is 0 Å². The predicted octanol–water partition coefficient (Wildman–Crippen LogP) is 3.88. The van der Waals surface area contributed by atoms with Crippen LogP contribution >= 0.6 is 11.6 Å². The van der Waals surface area contributed by atoms with E-state index < -0.39 is 6.36 Å². The molecule has 0 aliphatic carbocycles. The molecule has 1 heterocycles. The number of nitrogens with two attached hydrogens (primary N) is 1. The molecule has 0 unspecified atom stereocenters. The molecule has 3 nitrogen and oxygen atoms in total. The Hall–Kier alpha value is -1.95. The number of aromatic nitrogens is 1. The molecular formula is C12H8ClF3N2O. The van der Waals surface area contributed by atoms with Crippen LogP contribution in [0.2, 0.25) is 5.02 Å². The van der Waals surface area contributed by atoms with Crippen molar-refractivity contribution in [2.45, 2.75) is 6.36 Å². The molecule has 1 aromatic heterocycles. The number of nitrogens with zero attached hydrogens (tertiary/aromatic N) is 1. The van der Waals surface area contributed by atoms with Crippen LogP contribution in [0.3, 0.4) is 0 Å². The minimum atomic E-state index is -4.74. The van der Waals surface area contributed by atoms with Crippen LogP contribution in [0.15, 0.2) is 36.5 Å². The van der Waals surface area contributed by atoms with Gasteiger partial charge >= 0.3 is 6.36 Å². The molecule has 0 amide bonds. The minimum absolute atomic E-state index is 0.175. The Kier molecular flexibility index (Phi) is 3.53. The summed E-state index contributed by atoms with van der Waals surface area (Å²) in [4.78, 5) is 3.84. The van der Waals surface area contributed by atoms with Gasteiger partial charge < -0.3 is 10.5 Å². The van der Waals surface area contributed by atoms with E-state index in [1.165, 1.54) is 30.5 Å². The topological polar surface area (TPSA) is 48.1 Å². The molecule has 0 aliphatic rings. The van der Waals surface area contributed by atoms with E-state index in [9.17, 15) is 13.2 Å². The molecule has 2 aromatic rings. The number of hydrogen-bond donors (Lipinski definition) is 1. The summed E-state index contributed by atoms with van der Waals surface area (Å²) in [5.41, 5.74) is 6.55. The summed E-state index contributed by atoms with van der Waals surface area (Å²) in [7, 11) is 0. The van der Waals surface area contributed by atoms with Gasteiger partial charge in [-0.2, -0.15) is 0 Å². The van der Waals surface area contributed by atoms with Crippen molar-refractivity contribution in [2.75, 3.05) is 5.73 Å². The number of benzene rings is 1. The van der Waals surface area contributed by atoms with Gasteiger partial charge in [0.2, 0.25) is 0 Å². The quantitative estimate of drug-likeness (QED) is 0.912. The van der Waals surface area contributed by atoms with E-state index in [2.05, 4.69) is 9.72 Å². The normalized spacial score (nSPS) is 11.4. The Balaban J connectivity index is 2.40. The third-order valence-electron chi connectivity index (χ3n) is 2.26. The van der Waals surface area contributed by atoms with Crippen LogP contribution in [-0.2, 0) is 0 Å². The first-order chi connectivity index (χ1) is 8.85. The second kappa shape index (κ2) is 4.97. The lowest BCUT2D eigenvalue weighted by atomic mass is 10.1. The fourth-order valence-electron chi connectivity index (χ4n) is 1.54. The van der Waals surface area contributed by atoms with Crippen molar-refractivity contribution in [3.8, 4) is 16.9 Å². The van der Waals surface area contributed by atoms with Crippen molar-refractivity contribution >= 4 is 17.4 Å². The highest BCUT2D eigenvalue weighted by atomic mass is 35.5. The van der Waals surface area contributed by atoms with Crippen molar-refractivity contribution < 1.29 is 17.9 Å². The number of hydrogen-bond acceptors (Lipinski definition) is 3. The number of halogens is 4. The summed E-state index contributed by atoms with van der Waals surface area (Å²) >= 11 is 5.78. The van der Waals surface area contributed by atoms with Gasteiger partial charge in [0, 0.05) is 11.8 Å². The second-order valence-corrected chi connectivity index (χ2v) is 4.10. The molecule has 0 bridgehead atoms. The van der Waals surface area contributed by atoms with Crippen LogP contribution in [0.1, 0.15) is 0 Å². The largest absolute Gasteiger partial charge is 0.573 e. The van der Waals surface area contributed by atoms with Gasteiger partial charge in [0.05, 0.1) is 5.02 Å². The van der Waals surface area contributed by atoms with Gasteiger partial charge in [0.15, 0.2) is 0 Å². The molecule has 0 aliphatic heterocycles. The molecule has 1 aromatic carbocycles. The van der Waals surface area contributed by atoms with Crippen molar-refractivity contribution in [3.63, 3.8) is 0 Å². The molecule has 7 heteroatoms. The molecule has 2 rings (SSSR count). The first-order valence-corrected chi connectivity index (χ1v) is 5.50. The molecule has 2 N–H and O–H groups in total. The van der Waals surface area contributed by atoms with Crippen LogP contribution in [0.4, 0.5) is 19.0 Å². The molecule has 100 valence electrons. The van der Waals surface area contributed by atoms with Gasteiger partial charge in [-0.25, -0.2) is 4.98 Å². The monoisotopic (exact) mass is 288 g/mol. The smallest absolute Gasteiger partial charge is 0.406 e. The van der Waals surface area contributed by atoms with Crippen molar-refractivity contribution in [3.05, 3.63) is 41.6 Å². The molecular weight excluding hydrogens is 281 g/mol. The van der Waals surface area contributed by atoms with Gasteiger partial charge in [-0.3, -0.25) is 0 Å². The first kappa shape index (κ1) is 13.5. The Morgan fingerprint density at radius 3 is 2.63 bits per heavy atom. The summed E-state index contributed by atoms with van der Waals surface area (Å²) in [5.74, 6) is -0.155. The number of rotatable bonds is 2. The molecule has 0 atom stereocenters. The molecule has 0 spiro atoms. The Bertz CT molecular complexity index is 602. The summed E-state index contributed by atoms with van der Waals surface area (Å²) in [6.07, 6.45) is -3.38. The summed E-state index contributed by atoms with van der Waals surface area (Å²) < 4.78 is 40.3.